The van der Waals surface area contributed by atoms with E-state index < -0.39 is 34.3 Å². The summed E-state index contributed by atoms with van der Waals surface area (Å²) < 4.78 is 76.5. The molecule has 0 N–H and O–H groups in total. The second kappa shape index (κ2) is 6.94. The van der Waals surface area contributed by atoms with Crippen LogP contribution in [-0.4, -0.2) is 5.78 Å². The van der Waals surface area contributed by atoms with Gasteiger partial charge in [-0.3, -0.25) is 4.79 Å². The van der Waals surface area contributed by atoms with E-state index in [9.17, 15) is 31.1 Å². The number of benzene rings is 2. The number of hydrogen-bond donors (Lipinski definition) is 0. The molecule has 0 atom stereocenters. The van der Waals surface area contributed by atoms with Crippen LogP contribution in [0.4, 0.5) is 26.3 Å². The first kappa shape index (κ1) is 22.0. The predicted octanol–water partition coefficient (Wildman–Crippen LogP) is 6.55. The first-order valence-electron chi connectivity index (χ1n) is 8.48. The molecule has 0 aromatic heterocycles. The Hall–Kier alpha value is -2.31. The largest absolute Gasteiger partial charge is 0.416 e. The quantitative estimate of drug-likeness (QED) is 0.530. The third kappa shape index (κ3) is 4.23. The first-order chi connectivity index (χ1) is 12.6. The highest BCUT2D eigenvalue weighted by Crippen LogP contribution is 2.38. The average Bonchev–Trinajstić information content (AvgIpc) is 2.59. The van der Waals surface area contributed by atoms with E-state index in [1.165, 1.54) is 24.3 Å². The molecule has 0 amide bonds. The molecule has 0 fully saturated rings. The number of halogens is 6. The van der Waals surface area contributed by atoms with Gasteiger partial charge in [-0.1, -0.05) is 24.3 Å². The van der Waals surface area contributed by atoms with Gasteiger partial charge in [-0.25, -0.2) is 0 Å². The Morgan fingerprint density at radius 2 is 0.750 bits per heavy atom. The van der Waals surface area contributed by atoms with Crippen LogP contribution in [0.3, 0.4) is 0 Å². The predicted molar refractivity (Wildman–Crippen MR) is 93.9 cm³/mol. The maximum Gasteiger partial charge on any atom is 0.416 e. The van der Waals surface area contributed by atoms with Crippen LogP contribution < -0.4 is 0 Å². The number of carbonyl (C=O) groups is 1. The van der Waals surface area contributed by atoms with Crippen LogP contribution in [0.2, 0.25) is 0 Å². The minimum atomic E-state index is -4.48. The van der Waals surface area contributed by atoms with Crippen molar-refractivity contribution in [1.29, 1.82) is 0 Å². The molecule has 0 aliphatic heterocycles. The van der Waals surface area contributed by atoms with Crippen molar-refractivity contribution in [3.8, 4) is 0 Å². The average molecular weight is 402 g/mol. The van der Waals surface area contributed by atoms with E-state index in [1.54, 1.807) is 27.7 Å². The highest BCUT2D eigenvalue weighted by Gasteiger charge is 2.42. The van der Waals surface area contributed by atoms with Crippen molar-refractivity contribution < 1.29 is 31.1 Å². The molecule has 0 saturated heterocycles. The summed E-state index contributed by atoms with van der Waals surface area (Å²) >= 11 is 0. The maximum atomic E-state index is 13.2. The second-order valence-electron chi connectivity index (χ2n) is 7.73. The van der Waals surface area contributed by atoms with Crippen LogP contribution in [-0.2, 0) is 28.0 Å². The standard InChI is InChI=1S/C21H20F6O/c1-18(2,13-5-9-15(10-6-13)20(22,23)24)17(28)19(3,4)14-7-11-16(12-8-14)21(25,26)27/h5-12H,1-4H3. The van der Waals surface area contributed by atoms with Gasteiger partial charge < -0.3 is 0 Å². The molecule has 152 valence electrons. The summed E-state index contributed by atoms with van der Waals surface area (Å²) in [5, 5.41) is 0. The summed E-state index contributed by atoms with van der Waals surface area (Å²) in [6, 6.07) is 8.66. The monoisotopic (exact) mass is 402 g/mol. The second-order valence-corrected chi connectivity index (χ2v) is 7.73. The fourth-order valence-electron chi connectivity index (χ4n) is 3.20. The smallest absolute Gasteiger partial charge is 0.298 e. The van der Waals surface area contributed by atoms with Gasteiger partial charge in [-0.05, 0) is 63.1 Å². The van der Waals surface area contributed by atoms with Crippen LogP contribution in [0, 0.1) is 0 Å². The molecule has 0 spiro atoms. The lowest BCUT2D eigenvalue weighted by Gasteiger charge is -2.34. The van der Waals surface area contributed by atoms with Crippen LogP contribution in [0.1, 0.15) is 49.9 Å². The zero-order valence-corrected chi connectivity index (χ0v) is 15.8. The molecule has 0 heterocycles. The van der Waals surface area contributed by atoms with Crippen molar-refractivity contribution in [2.45, 2.75) is 50.9 Å². The molecule has 0 aliphatic rings. The molecule has 0 aliphatic carbocycles. The Morgan fingerprint density at radius 1 is 0.536 bits per heavy atom. The molecule has 0 bridgehead atoms. The van der Waals surface area contributed by atoms with E-state index in [-0.39, 0.29) is 5.78 Å². The third-order valence-corrected chi connectivity index (χ3v) is 5.00. The minimum absolute atomic E-state index is 0.320. The van der Waals surface area contributed by atoms with Crippen LogP contribution in [0.15, 0.2) is 48.5 Å². The van der Waals surface area contributed by atoms with Gasteiger partial charge in [-0.15, -0.1) is 0 Å². The molecule has 7 heteroatoms. The first-order valence-corrected chi connectivity index (χ1v) is 8.48. The van der Waals surface area contributed by atoms with E-state index in [1.807, 2.05) is 0 Å². The van der Waals surface area contributed by atoms with Gasteiger partial charge in [0, 0.05) is 10.8 Å². The van der Waals surface area contributed by atoms with E-state index in [2.05, 4.69) is 0 Å². The topological polar surface area (TPSA) is 17.1 Å². The van der Waals surface area contributed by atoms with E-state index >= 15 is 0 Å². The Labute approximate surface area is 159 Å². The SMILES string of the molecule is CC(C)(C(=O)C(C)(C)c1ccc(C(F)(F)F)cc1)c1ccc(C(F)(F)F)cc1. The van der Waals surface area contributed by atoms with Gasteiger partial charge in [0.1, 0.15) is 0 Å². The number of Topliss-reactive ketones (excluding diaryl/α,β-unsaturated/α-hetero) is 1. The van der Waals surface area contributed by atoms with Gasteiger partial charge in [0.05, 0.1) is 11.1 Å². The van der Waals surface area contributed by atoms with Crippen LogP contribution in [0.5, 0.6) is 0 Å². The van der Waals surface area contributed by atoms with Crippen molar-refractivity contribution in [2.24, 2.45) is 0 Å². The number of carbonyl (C=O) groups excluding carboxylic acids is 1. The fourth-order valence-corrected chi connectivity index (χ4v) is 3.20. The van der Waals surface area contributed by atoms with Crippen molar-refractivity contribution in [1.82, 2.24) is 0 Å². The summed E-state index contributed by atoms with van der Waals surface area (Å²) in [5.41, 5.74) is -3.13. The fraction of sp³-hybridized carbons (Fsp3) is 0.381. The summed E-state index contributed by atoms with van der Waals surface area (Å²) in [6.07, 6.45) is -8.96. The van der Waals surface area contributed by atoms with Crippen LogP contribution >= 0.6 is 0 Å². The zero-order valence-electron chi connectivity index (χ0n) is 15.8. The molecule has 1 nitrogen and oxygen atoms in total. The van der Waals surface area contributed by atoms with Gasteiger partial charge in [0.15, 0.2) is 5.78 Å². The van der Waals surface area contributed by atoms with E-state index in [0.717, 1.165) is 24.3 Å². The lowest BCUT2D eigenvalue weighted by atomic mass is 9.67. The van der Waals surface area contributed by atoms with Gasteiger partial charge in [0.2, 0.25) is 0 Å². The van der Waals surface area contributed by atoms with Gasteiger partial charge >= 0.3 is 12.4 Å². The molecular formula is C21H20F6O. The minimum Gasteiger partial charge on any atom is -0.298 e. The molecule has 0 radical (unpaired) electrons. The number of alkyl halides is 6. The third-order valence-electron chi connectivity index (χ3n) is 5.00. The Kier molecular flexibility index (Phi) is 5.45. The van der Waals surface area contributed by atoms with E-state index in [4.69, 9.17) is 0 Å². The molecule has 0 saturated carbocycles. The molecule has 2 aromatic carbocycles. The summed E-state index contributed by atoms with van der Waals surface area (Å²) in [5.74, 6) is -0.320. The van der Waals surface area contributed by atoms with E-state index in [0.29, 0.717) is 11.1 Å². The Bertz CT molecular complexity index is 769. The number of hydrogen-bond acceptors (Lipinski definition) is 1. The normalized spacial score (nSPS) is 13.5. The maximum absolute atomic E-state index is 13.2. The summed E-state index contributed by atoms with van der Waals surface area (Å²) in [4.78, 5) is 13.2. The summed E-state index contributed by atoms with van der Waals surface area (Å²) in [7, 11) is 0. The van der Waals surface area contributed by atoms with Crippen molar-refractivity contribution >= 4 is 5.78 Å². The number of ketones is 1. The van der Waals surface area contributed by atoms with Crippen molar-refractivity contribution in [2.75, 3.05) is 0 Å². The molecule has 2 aromatic rings. The molecule has 28 heavy (non-hydrogen) atoms. The molecule has 2 rings (SSSR count). The lowest BCUT2D eigenvalue weighted by Crippen LogP contribution is -2.42. The highest BCUT2D eigenvalue weighted by molar-refractivity contribution is 5.97. The van der Waals surface area contributed by atoms with Gasteiger partial charge in [-0.2, -0.15) is 26.3 Å². The zero-order chi connectivity index (χ0) is 21.5. The van der Waals surface area contributed by atoms with Crippen molar-refractivity contribution in [3.05, 3.63) is 70.8 Å². The molecule has 0 unspecified atom stereocenters. The van der Waals surface area contributed by atoms with Crippen molar-refractivity contribution in [3.63, 3.8) is 0 Å². The summed E-state index contributed by atoms with van der Waals surface area (Å²) in [6.45, 7) is 6.35. The Morgan fingerprint density at radius 3 is 0.964 bits per heavy atom. The molecular weight excluding hydrogens is 382 g/mol. The number of rotatable bonds is 4. The van der Waals surface area contributed by atoms with Crippen LogP contribution in [0.25, 0.3) is 0 Å². The lowest BCUT2D eigenvalue weighted by molar-refractivity contribution is -0.138. The highest BCUT2D eigenvalue weighted by atomic mass is 19.4. The van der Waals surface area contributed by atoms with Gasteiger partial charge in [0.25, 0.3) is 0 Å². The Balaban J connectivity index is 2.36.